The molecule has 0 rings (SSSR count). The molecule has 1 N–H and O–H groups in total. The number of likely N-dealkylation sites (N-methyl/N-ethyl adjacent to an activating group) is 1. The van der Waals surface area contributed by atoms with Gasteiger partial charge < -0.3 is 14.3 Å². The van der Waals surface area contributed by atoms with Crippen molar-refractivity contribution in [1.82, 2.24) is 5.32 Å². The minimum Gasteiger partial charge on any atom is -0.327 e. The van der Waals surface area contributed by atoms with Crippen molar-refractivity contribution in [2.24, 2.45) is 0 Å². The van der Waals surface area contributed by atoms with Crippen molar-refractivity contribution in [1.29, 1.82) is 0 Å². The zero-order valence-corrected chi connectivity index (χ0v) is 23.1. The van der Waals surface area contributed by atoms with E-state index in [1.54, 1.807) is 6.92 Å². The number of hydrogen-bond donors (Lipinski definition) is 1. The van der Waals surface area contributed by atoms with Gasteiger partial charge in [-0.1, -0.05) is 90.9 Å². The zero-order valence-electron chi connectivity index (χ0n) is 22.1. The quantitative estimate of drug-likeness (QED) is 0.0802. The highest BCUT2D eigenvalue weighted by molar-refractivity contribution is 7.33. The van der Waals surface area contributed by atoms with Gasteiger partial charge in [-0.15, -0.1) is 0 Å². The molecule has 0 saturated heterocycles. The minimum atomic E-state index is -2.65. The van der Waals surface area contributed by atoms with Crippen LogP contribution in [0.25, 0.3) is 0 Å². The molecule has 0 fully saturated rings. The Morgan fingerprint density at radius 1 is 0.812 bits per heavy atom. The van der Waals surface area contributed by atoms with E-state index in [4.69, 9.17) is 9.05 Å². The Kier molecular flexibility index (Phi) is 18.7. The summed E-state index contributed by atoms with van der Waals surface area (Å²) in [5, 5.41) is 2.97. The van der Waals surface area contributed by atoms with E-state index in [0.717, 1.165) is 19.3 Å². The predicted molar refractivity (Wildman–Crippen MR) is 136 cm³/mol. The lowest BCUT2D eigenvalue weighted by Gasteiger charge is -2.36. The SMILES string of the molecule is CCCCCCCCCCCCCCCC(=O)NC(C)(C[N+](C)(C)C)O[PH](=O)OCCC. The molecule has 0 aromatic rings. The highest BCUT2D eigenvalue weighted by Gasteiger charge is 2.35. The molecule has 0 aliphatic heterocycles. The van der Waals surface area contributed by atoms with E-state index in [-0.39, 0.29) is 5.91 Å². The van der Waals surface area contributed by atoms with Gasteiger partial charge in [0.2, 0.25) is 5.91 Å². The first-order chi connectivity index (χ1) is 15.1. The van der Waals surface area contributed by atoms with E-state index < -0.39 is 14.0 Å². The number of nitrogens with one attached hydrogen (secondary N) is 1. The van der Waals surface area contributed by atoms with Gasteiger partial charge in [0.1, 0.15) is 6.54 Å². The number of amides is 1. The maximum Gasteiger partial charge on any atom is 0.321 e. The van der Waals surface area contributed by atoms with Crippen LogP contribution in [0.5, 0.6) is 0 Å². The molecule has 1 amide bonds. The lowest BCUT2D eigenvalue weighted by molar-refractivity contribution is -0.876. The molecule has 2 atom stereocenters. The van der Waals surface area contributed by atoms with E-state index in [1.807, 2.05) is 28.1 Å². The highest BCUT2D eigenvalue weighted by Crippen LogP contribution is 2.31. The summed E-state index contributed by atoms with van der Waals surface area (Å²) < 4.78 is 23.6. The number of carbonyl (C=O) groups is 1. The van der Waals surface area contributed by atoms with Crippen molar-refractivity contribution in [3.63, 3.8) is 0 Å². The third kappa shape index (κ3) is 20.2. The van der Waals surface area contributed by atoms with Crippen molar-refractivity contribution in [2.75, 3.05) is 34.3 Å². The summed E-state index contributed by atoms with van der Waals surface area (Å²) >= 11 is 0. The second-order valence-electron chi connectivity index (χ2n) is 10.4. The lowest BCUT2D eigenvalue weighted by Crippen LogP contribution is -2.57. The second kappa shape index (κ2) is 18.9. The minimum absolute atomic E-state index is 0.0469. The molecule has 6 nitrogen and oxygen atoms in total. The maximum absolute atomic E-state index is 12.5. The number of unbranched alkanes of at least 4 members (excludes halogenated alkanes) is 12. The molecule has 0 heterocycles. The van der Waals surface area contributed by atoms with Crippen LogP contribution in [0.2, 0.25) is 0 Å². The summed E-state index contributed by atoms with van der Waals surface area (Å²) in [6, 6.07) is 0. The smallest absolute Gasteiger partial charge is 0.321 e. The Labute approximate surface area is 199 Å². The number of nitrogens with zero attached hydrogens (tertiary/aromatic N) is 1. The van der Waals surface area contributed by atoms with Gasteiger partial charge in [0.05, 0.1) is 27.7 Å². The van der Waals surface area contributed by atoms with Gasteiger partial charge in [0.25, 0.3) is 0 Å². The fourth-order valence-electron chi connectivity index (χ4n) is 4.06. The summed E-state index contributed by atoms with van der Waals surface area (Å²) in [4.78, 5) is 12.5. The van der Waals surface area contributed by atoms with Gasteiger partial charge >= 0.3 is 8.25 Å². The van der Waals surface area contributed by atoms with Crippen molar-refractivity contribution >= 4 is 14.2 Å². The van der Waals surface area contributed by atoms with Gasteiger partial charge in [-0.2, -0.15) is 0 Å². The van der Waals surface area contributed by atoms with Crippen LogP contribution < -0.4 is 5.32 Å². The molecule has 2 unspecified atom stereocenters. The van der Waals surface area contributed by atoms with E-state index in [0.29, 0.717) is 24.1 Å². The van der Waals surface area contributed by atoms with Crippen molar-refractivity contribution in [3.05, 3.63) is 0 Å². The van der Waals surface area contributed by atoms with Crippen LogP contribution in [-0.2, 0) is 18.4 Å². The van der Waals surface area contributed by atoms with Crippen LogP contribution in [-0.4, -0.2) is 50.4 Å². The third-order valence-corrected chi connectivity index (χ3v) is 6.48. The molecular formula is C25H54N2O4P+. The number of rotatable bonds is 22. The van der Waals surface area contributed by atoms with Crippen molar-refractivity contribution in [2.45, 2.75) is 123 Å². The van der Waals surface area contributed by atoms with E-state index in [1.165, 1.54) is 70.6 Å². The summed E-state index contributed by atoms with van der Waals surface area (Å²) in [5.41, 5.74) is -1.00. The molecule has 192 valence electrons. The number of carbonyl (C=O) groups excluding carboxylic acids is 1. The molecular weight excluding hydrogens is 423 g/mol. The molecule has 0 spiro atoms. The Bertz CT molecular complexity index is 497. The van der Waals surface area contributed by atoms with Crippen molar-refractivity contribution in [3.8, 4) is 0 Å². The van der Waals surface area contributed by atoms with Gasteiger partial charge in [0.15, 0.2) is 5.72 Å². The topological polar surface area (TPSA) is 64.6 Å². The lowest BCUT2D eigenvalue weighted by atomic mass is 10.0. The molecule has 0 radical (unpaired) electrons. The first-order valence-corrected chi connectivity index (χ1v) is 14.3. The van der Waals surface area contributed by atoms with Gasteiger partial charge in [-0.25, -0.2) is 0 Å². The monoisotopic (exact) mass is 477 g/mol. The Hall–Kier alpha value is -0.420. The van der Waals surface area contributed by atoms with E-state index in [2.05, 4.69) is 12.2 Å². The fraction of sp³-hybridized carbons (Fsp3) is 0.960. The highest BCUT2D eigenvalue weighted by atomic mass is 31.1. The first kappa shape index (κ1) is 31.6. The molecule has 0 saturated carbocycles. The summed E-state index contributed by atoms with van der Waals surface area (Å²) in [6.07, 6.45) is 18.0. The van der Waals surface area contributed by atoms with E-state index in [9.17, 15) is 9.36 Å². The molecule has 0 bridgehead atoms. The largest absolute Gasteiger partial charge is 0.327 e. The van der Waals surface area contributed by atoms with Crippen LogP contribution in [0.3, 0.4) is 0 Å². The first-order valence-electron chi connectivity index (χ1n) is 13.1. The third-order valence-electron chi connectivity index (χ3n) is 5.42. The van der Waals surface area contributed by atoms with Crippen LogP contribution in [0.1, 0.15) is 117 Å². The summed E-state index contributed by atoms with van der Waals surface area (Å²) in [5.74, 6) is -0.0469. The van der Waals surface area contributed by atoms with Crippen LogP contribution in [0.4, 0.5) is 0 Å². The number of quaternary nitrogens is 1. The molecule has 32 heavy (non-hydrogen) atoms. The second-order valence-corrected chi connectivity index (χ2v) is 11.4. The molecule has 0 aliphatic rings. The maximum atomic E-state index is 12.5. The van der Waals surface area contributed by atoms with Gasteiger partial charge in [-0.05, 0) is 19.8 Å². The summed E-state index contributed by atoms with van der Waals surface area (Å²) in [6.45, 7) is 6.90. The molecule has 0 aromatic heterocycles. The van der Waals surface area contributed by atoms with Crippen LogP contribution in [0, 0.1) is 0 Å². The molecule has 0 aromatic carbocycles. The predicted octanol–water partition coefficient (Wildman–Crippen LogP) is 6.84. The Morgan fingerprint density at radius 3 is 1.72 bits per heavy atom. The average molecular weight is 478 g/mol. The van der Waals surface area contributed by atoms with Crippen LogP contribution >= 0.6 is 8.25 Å². The Morgan fingerprint density at radius 2 is 1.28 bits per heavy atom. The van der Waals surface area contributed by atoms with Gasteiger partial charge in [-0.3, -0.25) is 13.9 Å². The average Bonchev–Trinajstić information content (AvgIpc) is 2.68. The zero-order chi connectivity index (χ0) is 24.3. The fourth-order valence-corrected chi connectivity index (χ4v) is 4.98. The van der Waals surface area contributed by atoms with Crippen LogP contribution in [0.15, 0.2) is 0 Å². The summed E-state index contributed by atoms with van der Waals surface area (Å²) in [7, 11) is 3.41. The normalized spacial score (nSPS) is 14.8. The Balaban J connectivity index is 4.02. The molecule has 7 heteroatoms. The van der Waals surface area contributed by atoms with Gasteiger partial charge in [0, 0.05) is 6.42 Å². The molecule has 0 aliphatic carbocycles. The standard InChI is InChI=1S/C25H53N2O4P/c1-7-9-10-11-12-13-14-15-16-17-18-19-20-21-24(28)26-25(3,23-27(4,5)6)31-32(29)30-22-8-2/h32H,7-23H2,1-6H3/p+1. The van der Waals surface area contributed by atoms with Crippen molar-refractivity contribution < 1.29 is 22.9 Å². The number of hydrogen-bond acceptors (Lipinski definition) is 4. The van der Waals surface area contributed by atoms with E-state index >= 15 is 0 Å².